The van der Waals surface area contributed by atoms with Gasteiger partial charge in [-0.05, 0) is 82.7 Å². The third kappa shape index (κ3) is 8.45. The van der Waals surface area contributed by atoms with Crippen LogP contribution in [0.2, 0.25) is 0 Å². The van der Waals surface area contributed by atoms with Crippen molar-refractivity contribution >= 4 is 23.7 Å². The number of nitrogens with zero attached hydrogens (tertiary/aromatic N) is 1. The van der Waals surface area contributed by atoms with E-state index in [1.54, 1.807) is 53.4 Å². The number of amides is 1. The number of carbonyl (C=O) groups is 3. The lowest BCUT2D eigenvalue weighted by molar-refractivity contribution is -0.143. The summed E-state index contributed by atoms with van der Waals surface area (Å²) < 4.78 is 21.3. The van der Waals surface area contributed by atoms with Crippen molar-refractivity contribution in [3.8, 4) is 17.2 Å². The van der Waals surface area contributed by atoms with Crippen molar-refractivity contribution in [2.45, 2.75) is 46.7 Å². The molecule has 0 N–H and O–H groups in total. The third-order valence-electron chi connectivity index (χ3n) is 5.17. The van der Waals surface area contributed by atoms with Crippen molar-refractivity contribution in [3.63, 3.8) is 0 Å². The fraction of sp³-hybridized carbons (Fsp3) is 0.393. The lowest BCUT2D eigenvalue weighted by Crippen LogP contribution is -2.44. The predicted molar refractivity (Wildman–Crippen MR) is 138 cm³/mol. The number of hydrogen-bond acceptors (Lipinski definition) is 7. The Hall–Kier alpha value is -3.81. The van der Waals surface area contributed by atoms with Gasteiger partial charge >= 0.3 is 5.97 Å². The predicted octanol–water partition coefficient (Wildman–Crippen LogP) is 4.56. The van der Waals surface area contributed by atoms with Crippen LogP contribution >= 0.6 is 0 Å². The summed E-state index contributed by atoms with van der Waals surface area (Å²) in [6.45, 7) is 9.87. The van der Waals surface area contributed by atoms with Gasteiger partial charge < -0.3 is 23.8 Å². The molecule has 2 rings (SSSR count). The number of benzene rings is 2. The summed E-state index contributed by atoms with van der Waals surface area (Å²) in [5.41, 5.74) is 1.22. The first-order valence-corrected chi connectivity index (χ1v) is 11.9. The molecule has 0 radical (unpaired) electrons. The topological polar surface area (TPSA) is 91.4 Å². The number of hydrogen-bond donors (Lipinski definition) is 0. The van der Waals surface area contributed by atoms with Crippen LogP contribution in [-0.2, 0) is 14.3 Å². The zero-order valence-corrected chi connectivity index (χ0v) is 21.8. The van der Waals surface area contributed by atoms with Crippen molar-refractivity contribution in [3.05, 3.63) is 59.7 Å². The highest BCUT2D eigenvalue weighted by Crippen LogP contribution is 2.29. The number of carbonyl (C=O) groups excluding carboxylic acids is 3. The summed E-state index contributed by atoms with van der Waals surface area (Å²) in [7, 11) is 1.28. The molecule has 8 nitrogen and oxygen atoms in total. The number of ether oxygens (including phenoxy) is 4. The second kappa shape index (κ2) is 13.9. The van der Waals surface area contributed by atoms with E-state index in [1.807, 2.05) is 34.6 Å². The highest BCUT2D eigenvalue weighted by Gasteiger charge is 2.21. The van der Waals surface area contributed by atoms with Crippen LogP contribution in [0.5, 0.6) is 17.2 Å². The summed E-state index contributed by atoms with van der Waals surface area (Å²) in [6.07, 6.45) is 3.14. The first kappa shape index (κ1) is 28.4. The van der Waals surface area contributed by atoms with E-state index < -0.39 is 5.97 Å². The number of esters is 1. The SMILES string of the molecule is CCOc1cc(/C=C/C(=O)c2ccc(OCC(=O)OC)cc2)ccc1OCC(=O)N(C(C)C)C(C)C. The molecule has 0 aromatic heterocycles. The average Bonchev–Trinajstić information content (AvgIpc) is 2.85. The fourth-order valence-electron chi connectivity index (χ4n) is 3.59. The Morgan fingerprint density at radius 3 is 2.11 bits per heavy atom. The largest absolute Gasteiger partial charge is 0.490 e. The molecule has 0 bridgehead atoms. The van der Waals surface area contributed by atoms with Gasteiger partial charge in [0.05, 0.1) is 13.7 Å². The zero-order valence-electron chi connectivity index (χ0n) is 21.8. The van der Waals surface area contributed by atoms with Gasteiger partial charge in [-0.1, -0.05) is 12.1 Å². The molecule has 0 spiro atoms. The number of rotatable bonds is 13. The normalized spacial score (nSPS) is 11.0. The highest BCUT2D eigenvalue weighted by atomic mass is 16.6. The van der Waals surface area contributed by atoms with Crippen LogP contribution in [-0.4, -0.2) is 61.6 Å². The molecule has 0 unspecified atom stereocenters. The Labute approximate surface area is 212 Å². The van der Waals surface area contributed by atoms with Gasteiger partial charge in [-0.2, -0.15) is 0 Å². The third-order valence-corrected chi connectivity index (χ3v) is 5.17. The number of methoxy groups -OCH3 is 1. The lowest BCUT2D eigenvalue weighted by atomic mass is 10.1. The second-order valence-corrected chi connectivity index (χ2v) is 8.50. The molecule has 36 heavy (non-hydrogen) atoms. The van der Waals surface area contributed by atoms with Crippen LogP contribution in [0.1, 0.15) is 50.5 Å². The van der Waals surface area contributed by atoms with Crippen LogP contribution in [0.15, 0.2) is 48.5 Å². The van der Waals surface area contributed by atoms with Crippen molar-refractivity contribution in [2.24, 2.45) is 0 Å². The van der Waals surface area contributed by atoms with Gasteiger partial charge in [0.15, 0.2) is 30.5 Å². The monoisotopic (exact) mass is 497 g/mol. The smallest absolute Gasteiger partial charge is 0.343 e. The summed E-state index contributed by atoms with van der Waals surface area (Å²) >= 11 is 0. The van der Waals surface area contributed by atoms with Gasteiger partial charge in [-0.15, -0.1) is 0 Å². The standard InChI is InChI=1S/C28H35NO7/c1-7-34-26-16-21(9-15-25(26)36-17-27(31)29(19(2)3)20(4)5)8-14-24(30)22-10-12-23(13-11-22)35-18-28(32)33-6/h8-16,19-20H,7,17-18H2,1-6H3/b14-8+. The molecule has 194 valence electrons. The molecule has 0 atom stereocenters. The molecule has 0 fully saturated rings. The van der Waals surface area contributed by atoms with E-state index in [4.69, 9.17) is 14.2 Å². The summed E-state index contributed by atoms with van der Waals surface area (Å²) in [5.74, 6) is 0.637. The molecule has 0 aliphatic heterocycles. The minimum atomic E-state index is -0.486. The Morgan fingerprint density at radius 1 is 0.861 bits per heavy atom. The lowest BCUT2D eigenvalue weighted by Gasteiger charge is -2.30. The van der Waals surface area contributed by atoms with E-state index in [1.165, 1.54) is 13.2 Å². The quantitative estimate of drug-likeness (QED) is 0.228. The molecule has 1 amide bonds. The Bertz CT molecular complexity index is 1050. The first-order chi connectivity index (χ1) is 17.2. The van der Waals surface area contributed by atoms with E-state index in [0.29, 0.717) is 29.4 Å². The molecular formula is C28H35NO7. The molecule has 2 aromatic carbocycles. The van der Waals surface area contributed by atoms with E-state index in [2.05, 4.69) is 4.74 Å². The Morgan fingerprint density at radius 2 is 1.53 bits per heavy atom. The van der Waals surface area contributed by atoms with Crippen molar-refractivity contribution in [2.75, 3.05) is 26.9 Å². The van der Waals surface area contributed by atoms with Crippen LogP contribution < -0.4 is 14.2 Å². The van der Waals surface area contributed by atoms with Crippen LogP contribution in [0.3, 0.4) is 0 Å². The Kier molecular flexibility index (Phi) is 11.0. The molecular weight excluding hydrogens is 462 g/mol. The molecule has 0 aliphatic rings. The first-order valence-electron chi connectivity index (χ1n) is 11.9. The fourth-order valence-corrected chi connectivity index (χ4v) is 3.59. The highest BCUT2D eigenvalue weighted by molar-refractivity contribution is 6.06. The second-order valence-electron chi connectivity index (χ2n) is 8.50. The van der Waals surface area contributed by atoms with E-state index in [9.17, 15) is 14.4 Å². The summed E-state index contributed by atoms with van der Waals surface area (Å²) in [6, 6.07) is 11.9. The molecule has 0 saturated carbocycles. The molecule has 2 aromatic rings. The maximum absolute atomic E-state index is 12.6. The van der Waals surface area contributed by atoms with Crippen LogP contribution in [0.4, 0.5) is 0 Å². The maximum Gasteiger partial charge on any atom is 0.343 e. The van der Waals surface area contributed by atoms with Crippen molar-refractivity contribution in [1.29, 1.82) is 0 Å². The van der Waals surface area contributed by atoms with Crippen molar-refractivity contribution < 1.29 is 33.3 Å². The summed E-state index contributed by atoms with van der Waals surface area (Å²) in [5, 5.41) is 0. The van der Waals surface area contributed by atoms with Gasteiger partial charge in [0, 0.05) is 17.6 Å². The minimum absolute atomic E-state index is 0.0705. The van der Waals surface area contributed by atoms with Gasteiger partial charge in [-0.25, -0.2) is 4.79 Å². The van der Waals surface area contributed by atoms with Gasteiger partial charge in [-0.3, -0.25) is 9.59 Å². The van der Waals surface area contributed by atoms with E-state index in [0.717, 1.165) is 5.56 Å². The average molecular weight is 498 g/mol. The van der Waals surface area contributed by atoms with Gasteiger partial charge in [0.25, 0.3) is 5.91 Å². The van der Waals surface area contributed by atoms with Gasteiger partial charge in [0.2, 0.25) is 0 Å². The summed E-state index contributed by atoms with van der Waals surface area (Å²) in [4.78, 5) is 38.1. The van der Waals surface area contributed by atoms with E-state index >= 15 is 0 Å². The molecule has 8 heteroatoms. The van der Waals surface area contributed by atoms with Crippen LogP contribution in [0, 0.1) is 0 Å². The Balaban J connectivity index is 2.06. The molecule has 0 heterocycles. The minimum Gasteiger partial charge on any atom is -0.490 e. The number of ketones is 1. The molecule has 0 saturated heterocycles. The molecule has 0 aliphatic carbocycles. The van der Waals surface area contributed by atoms with Crippen LogP contribution in [0.25, 0.3) is 6.08 Å². The zero-order chi connectivity index (χ0) is 26.7. The van der Waals surface area contributed by atoms with Gasteiger partial charge in [0.1, 0.15) is 5.75 Å². The maximum atomic E-state index is 12.6. The number of allylic oxidation sites excluding steroid dienone is 1. The van der Waals surface area contributed by atoms with Crippen molar-refractivity contribution in [1.82, 2.24) is 4.90 Å². The van der Waals surface area contributed by atoms with E-state index in [-0.39, 0.29) is 37.0 Å².